The van der Waals surface area contributed by atoms with E-state index in [4.69, 9.17) is 4.42 Å². The molecule has 0 bridgehead atoms. The van der Waals surface area contributed by atoms with Crippen LogP contribution < -0.4 is 10.6 Å². The average molecular weight is 264 g/mol. The zero-order valence-corrected chi connectivity index (χ0v) is 11.0. The Kier molecular flexibility index (Phi) is 4.41. The maximum Gasteiger partial charge on any atom is 0.315 e. The van der Waals surface area contributed by atoms with E-state index in [9.17, 15) is 4.79 Å². The lowest BCUT2D eigenvalue weighted by molar-refractivity contribution is 0.240. The summed E-state index contributed by atoms with van der Waals surface area (Å²) in [6.07, 6.45) is 2.50. The van der Waals surface area contributed by atoms with Gasteiger partial charge >= 0.3 is 6.03 Å². The van der Waals surface area contributed by atoms with Crippen molar-refractivity contribution in [1.82, 2.24) is 10.6 Å². The van der Waals surface area contributed by atoms with Crippen LogP contribution >= 0.6 is 11.3 Å². The first kappa shape index (κ1) is 12.7. The number of amides is 2. The number of nitrogens with one attached hydrogen (secondary N) is 2. The van der Waals surface area contributed by atoms with Crippen molar-refractivity contribution >= 4 is 17.4 Å². The van der Waals surface area contributed by atoms with Crippen LogP contribution in [0.4, 0.5) is 4.79 Å². The summed E-state index contributed by atoms with van der Waals surface area (Å²) in [5, 5.41) is 7.67. The van der Waals surface area contributed by atoms with Crippen molar-refractivity contribution in [1.29, 1.82) is 0 Å². The van der Waals surface area contributed by atoms with Gasteiger partial charge in [-0.2, -0.15) is 0 Å². The van der Waals surface area contributed by atoms with Crippen molar-refractivity contribution in [2.45, 2.75) is 19.9 Å². The molecule has 0 aromatic carbocycles. The summed E-state index contributed by atoms with van der Waals surface area (Å²) in [7, 11) is 0. The Bertz CT molecular complexity index is 491. The number of thiophene rings is 1. The van der Waals surface area contributed by atoms with Crippen molar-refractivity contribution in [2.75, 3.05) is 6.54 Å². The number of carbonyl (C=O) groups is 1. The Hall–Kier alpha value is -1.75. The number of rotatable bonds is 5. The summed E-state index contributed by atoms with van der Waals surface area (Å²) in [5.41, 5.74) is 1.00. The molecular formula is C13H16N2O2S. The quantitative estimate of drug-likeness (QED) is 0.872. The molecule has 0 aliphatic carbocycles. The second-order valence-corrected chi connectivity index (χ2v) is 4.97. The Morgan fingerprint density at radius 1 is 1.39 bits per heavy atom. The van der Waals surface area contributed by atoms with Gasteiger partial charge in [-0.25, -0.2) is 4.79 Å². The van der Waals surface area contributed by atoms with Crippen LogP contribution in [0.2, 0.25) is 0 Å². The maximum absolute atomic E-state index is 11.5. The molecule has 0 saturated heterocycles. The van der Waals surface area contributed by atoms with Gasteiger partial charge in [0.2, 0.25) is 0 Å². The van der Waals surface area contributed by atoms with Crippen LogP contribution in [-0.2, 0) is 13.0 Å². The molecule has 0 radical (unpaired) electrons. The van der Waals surface area contributed by atoms with Crippen molar-refractivity contribution in [3.05, 3.63) is 46.0 Å². The van der Waals surface area contributed by atoms with E-state index in [0.717, 1.165) is 17.7 Å². The van der Waals surface area contributed by atoms with Gasteiger partial charge in [0.15, 0.2) is 0 Å². The largest absolute Gasteiger partial charge is 0.469 e. The molecular weight excluding hydrogens is 248 g/mol. The predicted molar refractivity (Wildman–Crippen MR) is 71.7 cm³/mol. The number of hydrogen-bond donors (Lipinski definition) is 2. The van der Waals surface area contributed by atoms with Crippen LogP contribution in [0.15, 0.2) is 34.3 Å². The topological polar surface area (TPSA) is 54.3 Å². The second kappa shape index (κ2) is 6.26. The Morgan fingerprint density at radius 3 is 2.94 bits per heavy atom. The fourth-order valence-electron chi connectivity index (χ4n) is 1.59. The Balaban J connectivity index is 1.65. The molecule has 0 aliphatic rings. The molecule has 0 aliphatic heterocycles. The summed E-state index contributed by atoms with van der Waals surface area (Å²) in [6, 6.07) is 5.80. The Labute approximate surface area is 110 Å². The number of hydrogen-bond acceptors (Lipinski definition) is 3. The zero-order valence-electron chi connectivity index (χ0n) is 10.2. The highest BCUT2D eigenvalue weighted by atomic mass is 32.1. The third-order valence-corrected chi connectivity index (χ3v) is 3.58. The minimum atomic E-state index is -0.146. The monoisotopic (exact) mass is 264 g/mol. The molecule has 0 spiro atoms. The summed E-state index contributed by atoms with van der Waals surface area (Å²) < 4.78 is 5.16. The Morgan fingerprint density at radius 2 is 2.28 bits per heavy atom. The second-order valence-electron chi connectivity index (χ2n) is 3.94. The fourth-order valence-corrected chi connectivity index (χ4v) is 2.30. The number of urea groups is 1. The normalized spacial score (nSPS) is 10.3. The fraction of sp³-hybridized carbons (Fsp3) is 0.308. The molecule has 4 nitrogen and oxygen atoms in total. The average Bonchev–Trinajstić information content (AvgIpc) is 2.98. The van der Waals surface area contributed by atoms with Crippen LogP contribution in [0.3, 0.4) is 0 Å². The molecule has 0 fully saturated rings. The van der Waals surface area contributed by atoms with Crippen LogP contribution in [0.1, 0.15) is 16.2 Å². The van der Waals surface area contributed by atoms with E-state index >= 15 is 0 Å². The van der Waals surface area contributed by atoms with E-state index in [2.05, 4.69) is 16.7 Å². The molecule has 5 heteroatoms. The number of carbonyl (C=O) groups excluding carboxylic acids is 1. The van der Waals surface area contributed by atoms with Crippen molar-refractivity contribution < 1.29 is 9.21 Å². The zero-order chi connectivity index (χ0) is 12.8. The molecule has 0 saturated carbocycles. The van der Waals surface area contributed by atoms with Crippen molar-refractivity contribution in [3.8, 4) is 0 Å². The van der Waals surface area contributed by atoms with E-state index in [1.54, 1.807) is 17.6 Å². The smallest absolute Gasteiger partial charge is 0.315 e. The first-order valence-corrected chi connectivity index (χ1v) is 6.70. The SMILES string of the molecule is Cc1occc1CNC(=O)NCCc1cccs1. The molecule has 96 valence electrons. The van der Waals surface area contributed by atoms with Gasteiger partial charge in [0.05, 0.1) is 6.26 Å². The molecule has 0 unspecified atom stereocenters. The van der Waals surface area contributed by atoms with E-state index < -0.39 is 0 Å². The van der Waals surface area contributed by atoms with Crippen LogP contribution in [0.5, 0.6) is 0 Å². The van der Waals surface area contributed by atoms with Gasteiger partial charge in [-0.1, -0.05) is 6.07 Å². The minimum Gasteiger partial charge on any atom is -0.469 e. The molecule has 2 rings (SSSR count). The van der Waals surface area contributed by atoms with Gasteiger partial charge in [-0.15, -0.1) is 11.3 Å². The van der Waals surface area contributed by atoms with E-state index in [-0.39, 0.29) is 6.03 Å². The molecule has 0 atom stereocenters. The van der Waals surface area contributed by atoms with Crippen molar-refractivity contribution in [3.63, 3.8) is 0 Å². The summed E-state index contributed by atoms with van der Waals surface area (Å²) in [5.74, 6) is 0.842. The summed E-state index contributed by atoms with van der Waals surface area (Å²) in [6.45, 7) is 3.02. The standard InChI is InChI=1S/C13H16N2O2S/c1-10-11(5-7-17-10)9-15-13(16)14-6-4-12-3-2-8-18-12/h2-3,5,7-8H,4,6,9H2,1H3,(H2,14,15,16). The predicted octanol–water partition coefficient (Wildman–Crippen LogP) is 2.69. The minimum absolute atomic E-state index is 0.146. The lowest BCUT2D eigenvalue weighted by atomic mass is 10.2. The molecule has 2 heterocycles. The first-order valence-electron chi connectivity index (χ1n) is 5.83. The third-order valence-electron chi connectivity index (χ3n) is 2.64. The van der Waals surface area contributed by atoms with Crippen LogP contribution in [-0.4, -0.2) is 12.6 Å². The van der Waals surface area contributed by atoms with Gasteiger partial charge in [0, 0.05) is 23.5 Å². The number of aryl methyl sites for hydroxylation is 1. The van der Waals surface area contributed by atoms with E-state index in [1.807, 2.05) is 24.4 Å². The van der Waals surface area contributed by atoms with Gasteiger partial charge in [0.25, 0.3) is 0 Å². The molecule has 18 heavy (non-hydrogen) atoms. The van der Waals surface area contributed by atoms with Crippen molar-refractivity contribution in [2.24, 2.45) is 0 Å². The summed E-state index contributed by atoms with van der Waals surface area (Å²) in [4.78, 5) is 12.8. The van der Waals surface area contributed by atoms with Gasteiger partial charge < -0.3 is 15.1 Å². The van der Waals surface area contributed by atoms with Gasteiger partial charge in [-0.05, 0) is 30.9 Å². The van der Waals surface area contributed by atoms with Gasteiger partial charge in [0.1, 0.15) is 5.76 Å². The number of furan rings is 1. The lowest BCUT2D eigenvalue weighted by Crippen LogP contribution is -2.36. The highest BCUT2D eigenvalue weighted by molar-refractivity contribution is 7.09. The van der Waals surface area contributed by atoms with Gasteiger partial charge in [-0.3, -0.25) is 0 Å². The molecule has 2 amide bonds. The van der Waals surface area contributed by atoms with Crippen LogP contribution in [0, 0.1) is 6.92 Å². The maximum atomic E-state index is 11.5. The highest BCUT2D eigenvalue weighted by Gasteiger charge is 2.04. The third kappa shape index (κ3) is 3.63. The summed E-state index contributed by atoms with van der Waals surface area (Å²) >= 11 is 1.70. The lowest BCUT2D eigenvalue weighted by Gasteiger charge is -2.06. The first-order chi connectivity index (χ1) is 8.75. The molecule has 2 N–H and O–H groups in total. The molecule has 2 aromatic rings. The molecule has 2 aromatic heterocycles. The highest BCUT2D eigenvalue weighted by Crippen LogP contribution is 2.08. The van der Waals surface area contributed by atoms with E-state index in [0.29, 0.717) is 13.1 Å². The van der Waals surface area contributed by atoms with E-state index in [1.165, 1.54) is 4.88 Å². The van der Waals surface area contributed by atoms with Crippen LogP contribution in [0.25, 0.3) is 0 Å².